The van der Waals surface area contributed by atoms with E-state index in [9.17, 15) is 4.79 Å². The lowest BCUT2D eigenvalue weighted by molar-refractivity contribution is 0.0923. The van der Waals surface area contributed by atoms with Gasteiger partial charge >= 0.3 is 0 Å². The fourth-order valence-corrected chi connectivity index (χ4v) is 2.05. The maximum atomic E-state index is 12.4. The van der Waals surface area contributed by atoms with Crippen LogP contribution in [0.15, 0.2) is 10.6 Å². The number of aromatic nitrogens is 4. The zero-order valence-corrected chi connectivity index (χ0v) is 14.2. The van der Waals surface area contributed by atoms with Gasteiger partial charge in [0.2, 0.25) is 5.89 Å². The van der Waals surface area contributed by atoms with Crippen LogP contribution in [0.5, 0.6) is 0 Å². The second kappa shape index (κ2) is 7.36. The summed E-state index contributed by atoms with van der Waals surface area (Å²) >= 11 is 0. The van der Waals surface area contributed by atoms with Crippen LogP contribution in [-0.4, -0.2) is 39.5 Å². The Hall–Kier alpha value is -2.22. The maximum Gasteiger partial charge on any atom is 0.270 e. The van der Waals surface area contributed by atoms with Crippen molar-refractivity contribution < 1.29 is 14.1 Å². The van der Waals surface area contributed by atoms with Gasteiger partial charge in [-0.25, -0.2) is 0 Å². The first-order chi connectivity index (χ1) is 10.9. The molecule has 8 heteroatoms. The Labute approximate surface area is 135 Å². The second-order valence-corrected chi connectivity index (χ2v) is 5.72. The molecular formula is C15H23N5O3. The van der Waals surface area contributed by atoms with Crippen molar-refractivity contribution in [3.05, 3.63) is 29.2 Å². The number of hydrogen-bond acceptors (Lipinski definition) is 6. The van der Waals surface area contributed by atoms with Crippen molar-refractivity contribution in [2.75, 3.05) is 13.7 Å². The molecule has 8 nitrogen and oxygen atoms in total. The molecule has 0 fully saturated rings. The zero-order chi connectivity index (χ0) is 17.0. The van der Waals surface area contributed by atoms with Crippen LogP contribution in [0.1, 0.15) is 60.6 Å². The van der Waals surface area contributed by atoms with E-state index in [1.54, 1.807) is 31.8 Å². The predicted molar refractivity (Wildman–Crippen MR) is 83.1 cm³/mol. The largest absolute Gasteiger partial charge is 0.384 e. The van der Waals surface area contributed by atoms with Crippen LogP contribution in [0.4, 0.5) is 0 Å². The highest BCUT2D eigenvalue weighted by atomic mass is 16.5. The van der Waals surface area contributed by atoms with Gasteiger partial charge in [0.05, 0.1) is 12.3 Å². The van der Waals surface area contributed by atoms with E-state index in [2.05, 4.69) is 20.6 Å². The first-order valence-electron chi connectivity index (χ1n) is 7.58. The summed E-state index contributed by atoms with van der Waals surface area (Å²) in [4.78, 5) is 16.6. The number of methoxy groups -OCH3 is 1. The van der Waals surface area contributed by atoms with Crippen molar-refractivity contribution in [2.24, 2.45) is 7.05 Å². The van der Waals surface area contributed by atoms with Crippen LogP contribution >= 0.6 is 0 Å². The van der Waals surface area contributed by atoms with E-state index in [-0.39, 0.29) is 17.9 Å². The summed E-state index contributed by atoms with van der Waals surface area (Å²) < 4.78 is 11.7. The molecule has 0 unspecified atom stereocenters. The average molecular weight is 321 g/mol. The number of carbonyl (C=O) groups is 1. The SMILES string of the molecule is COCCc1noc([C@H](C)NC(=O)c2cc(C(C)C)nn2C)n1. The van der Waals surface area contributed by atoms with Gasteiger partial charge in [-0.3, -0.25) is 9.48 Å². The Morgan fingerprint density at radius 2 is 2.17 bits per heavy atom. The molecule has 23 heavy (non-hydrogen) atoms. The molecule has 2 aromatic heterocycles. The van der Waals surface area contributed by atoms with Crippen LogP contribution in [-0.2, 0) is 18.2 Å². The van der Waals surface area contributed by atoms with Crippen molar-refractivity contribution in [3.63, 3.8) is 0 Å². The van der Waals surface area contributed by atoms with Gasteiger partial charge in [-0.05, 0) is 18.9 Å². The summed E-state index contributed by atoms with van der Waals surface area (Å²) in [5.74, 6) is 0.969. The molecule has 2 rings (SSSR count). The van der Waals surface area contributed by atoms with Crippen LogP contribution in [0, 0.1) is 0 Å². The third kappa shape index (κ3) is 4.16. The molecule has 0 saturated carbocycles. The lowest BCUT2D eigenvalue weighted by atomic mass is 10.1. The summed E-state index contributed by atoms with van der Waals surface area (Å²) in [5.41, 5.74) is 1.38. The van der Waals surface area contributed by atoms with Crippen LogP contribution in [0.2, 0.25) is 0 Å². The summed E-state index contributed by atoms with van der Waals surface area (Å²) in [6.07, 6.45) is 0.570. The van der Waals surface area contributed by atoms with Crippen molar-refractivity contribution >= 4 is 5.91 Å². The number of carbonyl (C=O) groups excluding carboxylic acids is 1. The fraction of sp³-hybridized carbons (Fsp3) is 0.600. The van der Waals surface area contributed by atoms with Gasteiger partial charge in [-0.2, -0.15) is 10.1 Å². The van der Waals surface area contributed by atoms with Gasteiger partial charge in [0.25, 0.3) is 5.91 Å². The number of amides is 1. The number of aryl methyl sites for hydroxylation is 1. The normalized spacial score (nSPS) is 12.6. The van der Waals surface area contributed by atoms with Crippen LogP contribution in [0.3, 0.4) is 0 Å². The lowest BCUT2D eigenvalue weighted by Gasteiger charge is -2.09. The molecule has 0 saturated heterocycles. The summed E-state index contributed by atoms with van der Waals surface area (Å²) in [6.45, 7) is 6.39. The smallest absolute Gasteiger partial charge is 0.270 e. The summed E-state index contributed by atoms with van der Waals surface area (Å²) in [7, 11) is 3.37. The highest BCUT2D eigenvalue weighted by Gasteiger charge is 2.20. The molecule has 1 atom stereocenters. The average Bonchev–Trinajstić information content (AvgIpc) is 3.11. The van der Waals surface area contributed by atoms with E-state index in [1.165, 1.54) is 0 Å². The van der Waals surface area contributed by atoms with Crippen molar-refractivity contribution in [1.29, 1.82) is 0 Å². The Bertz CT molecular complexity index is 662. The Morgan fingerprint density at radius 1 is 1.43 bits per heavy atom. The summed E-state index contributed by atoms with van der Waals surface area (Å²) in [5, 5.41) is 11.1. The van der Waals surface area contributed by atoms with E-state index in [1.807, 2.05) is 13.8 Å². The van der Waals surface area contributed by atoms with E-state index in [0.717, 1.165) is 5.69 Å². The monoisotopic (exact) mass is 321 g/mol. The molecule has 0 aromatic carbocycles. The zero-order valence-electron chi connectivity index (χ0n) is 14.2. The molecule has 0 spiro atoms. The third-order valence-electron chi connectivity index (χ3n) is 3.45. The topological polar surface area (TPSA) is 95.1 Å². The molecule has 0 radical (unpaired) electrons. The minimum Gasteiger partial charge on any atom is -0.384 e. The van der Waals surface area contributed by atoms with E-state index in [0.29, 0.717) is 30.4 Å². The highest BCUT2D eigenvalue weighted by molar-refractivity contribution is 5.92. The molecule has 0 aliphatic carbocycles. The third-order valence-corrected chi connectivity index (χ3v) is 3.45. The molecule has 0 bridgehead atoms. The van der Waals surface area contributed by atoms with Gasteiger partial charge in [-0.15, -0.1) is 0 Å². The van der Waals surface area contributed by atoms with E-state index < -0.39 is 0 Å². The Kier molecular flexibility index (Phi) is 5.49. The molecule has 0 aliphatic heterocycles. The van der Waals surface area contributed by atoms with Crippen molar-refractivity contribution in [1.82, 2.24) is 25.2 Å². The Morgan fingerprint density at radius 3 is 2.78 bits per heavy atom. The fourth-order valence-electron chi connectivity index (χ4n) is 2.05. The van der Waals surface area contributed by atoms with Gasteiger partial charge in [0.1, 0.15) is 11.7 Å². The van der Waals surface area contributed by atoms with Crippen LogP contribution in [0.25, 0.3) is 0 Å². The number of ether oxygens (including phenoxy) is 1. The predicted octanol–water partition coefficient (Wildman–Crippen LogP) is 1.61. The molecule has 1 N–H and O–H groups in total. The van der Waals surface area contributed by atoms with Gasteiger partial charge in [0.15, 0.2) is 5.82 Å². The first-order valence-corrected chi connectivity index (χ1v) is 7.58. The minimum absolute atomic E-state index is 0.226. The number of hydrogen-bond donors (Lipinski definition) is 1. The molecule has 2 aromatic rings. The molecule has 2 heterocycles. The molecular weight excluding hydrogens is 298 g/mol. The van der Waals surface area contributed by atoms with E-state index >= 15 is 0 Å². The minimum atomic E-state index is -0.385. The van der Waals surface area contributed by atoms with Gasteiger partial charge in [-0.1, -0.05) is 19.0 Å². The van der Waals surface area contributed by atoms with Crippen molar-refractivity contribution in [3.8, 4) is 0 Å². The van der Waals surface area contributed by atoms with Crippen molar-refractivity contribution in [2.45, 2.75) is 39.2 Å². The summed E-state index contributed by atoms with van der Waals surface area (Å²) in [6, 6.07) is 1.41. The number of nitrogens with one attached hydrogen (secondary N) is 1. The standard InChI is InChI=1S/C15H23N5O3/c1-9(2)11-8-12(20(4)18-11)14(21)16-10(3)15-17-13(19-23-15)6-7-22-5/h8-10H,6-7H2,1-5H3,(H,16,21)/t10-/m0/s1. The van der Waals surface area contributed by atoms with Gasteiger partial charge in [0, 0.05) is 20.6 Å². The van der Waals surface area contributed by atoms with Gasteiger partial charge < -0.3 is 14.6 Å². The molecule has 0 aliphatic rings. The quantitative estimate of drug-likeness (QED) is 0.832. The van der Waals surface area contributed by atoms with E-state index in [4.69, 9.17) is 9.26 Å². The molecule has 1 amide bonds. The number of nitrogens with zero attached hydrogens (tertiary/aromatic N) is 4. The van der Waals surface area contributed by atoms with Crippen LogP contribution < -0.4 is 5.32 Å². The lowest BCUT2D eigenvalue weighted by Crippen LogP contribution is -2.28. The Balaban J connectivity index is 2.03. The first kappa shape index (κ1) is 17.1. The number of rotatable bonds is 7. The second-order valence-electron chi connectivity index (χ2n) is 5.72. The highest BCUT2D eigenvalue weighted by Crippen LogP contribution is 2.15. The molecule has 126 valence electrons. The maximum absolute atomic E-state index is 12.4.